The molecule has 1 aliphatic rings. The molecule has 1 fully saturated rings. The highest BCUT2D eigenvalue weighted by Crippen LogP contribution is 2.16. The van der Waals surface area contributed by atoms with Crippen LogP contribution in [0.25, 0.3) is 0 Å². The summed E-state index contributed by atoms with van der Waals surface area (Å²) in [5, 5.41) is 0. The normalized spacial score (nSPS) is 27.9. The first kappa shape index (κ1) is 10.6. The lowest BCUT2D eigenvalue weighted by molar-refractivity contribution is 0.157. The van der Waals surface area contributed by atoms with E-state index in [-0.39, 0.29) is 0 Å². The highest BCUT2D eigenvalue weighted by molar-refractivity contribution is 5.03. The van der Waals surface area contributed by atoms with Gasteiger partial charge in [0.2, 0.25) is 0 Å². The summed E-state index contributed by atoms with van der Waals surface area (Å²) in [6.07, 6.45) is 3.00. The van der Waals surface area contributed by atoms with Gasteiger partial charge in [0.25, 0.3) is 0 Å². The van der Waals surface area contributed by atoms with E-state index < -0.39 is 0 Å². The molecule has 1 saturated heterocycles. The van der Waals surface area contributed by atoms with Crippen molar-refractivity contribution in [2.24, 2.45) is 11.7 Å². The molecule has 2 unspecified atom stereocenters. The zero-order chi connectivity index (χ0) is 10.7. The van der Waals surface area contributed by atoms with Gasteiger partial charge in [-0.1, -0.05) is 13.0 Å². The van der Waals surface area contributed by atoms with Crippen LogP contribution in [0.2, 0.25) is 0 Å². The maximum absolute atomic E-state index is 6.01. The number of hydrogen-bond donors (Lipinski definition) is 1. The van der Waals surface area contributed by atoms with Gasteiger partial charge in [0, 0.05) is 31.9 Å². The molecule has 2 rings (SSSR count). The van der Waals surface area contributed by atoms with E-state index in [9.17, 15) is 0 Å². The maximum atomic E-state index is 6.01. The largest absolute Gasteiger partial charge is 0.327 e. The number of nitrogens with two attached hydrogens (primary N) is 1. The van der Waals surface area contributed by atoms with Gasteiger partial charge in [0.1, 0.15) is 0 Å². The first-order chi connectivity index (χ1) is 7.24. The minimum Gasteiger partial charge on any atom is -0.327 e. The van der Waals surface area contributed by atoms with Crippen LogP contribution in [0.15, 0.2) is 24.4 Å². The number of likely N-dealkylation sites (tertiary alicyclic amines) is 1. The van der Waals surface area contributed by atoms with Crippen LogP contribution in [-0.2, 0) is 6.54 Å². The number of aromatic nitrogens is 1. The molecular formula is C12H19N3. The summed E-state index contributed by atoms with van der Waals surface area (Å²) in [5.41, 5.74) is 7.14. The van der Waals surface area contributed by atoms with Crippen LogP contribution in [0.4, 0.5) is 0 Å². The molecule has 0 bridgehead atoms. The Hall–Kier alpha value is -0.930. The highest BCUT2D eigenvalue weighted by atomic mass is 15.2. The minimum atomic E-state index is 0.331. The Labute approximate surface area is 91.3 Å². The Kier molecular flexibility index (Phi) is 3.34. The summed E-state index contributed by atoms with van der Waals surface area (Å²) in [5.74, 6) is 0.706. The maximum Gasteiger partial charge on any atom is 0.0543 e. The predicted molar refractivity (Wildman–Crippen MR) is 61.3 cm³/mol. The van der Waals surface area contributed by atoms with Crippen LogP contribution in [-0.4, -0.2) is 29.0 Å². The van der Waals surface area contributed by atoms with Gasteiger partial charge in [-0.05, 0) is 24.5 Å². The van der Waals surface area contributed by atoms with Crippen molar-refractivity contribution >= 4 is 0 Å². The van der Waals surface area contributed by atoms with E-state index in [2.05, 4.69) is 22.9 Å². The summed E-state index contributed by atoms with van der Waals surface area (Å²) in [4.78, 5) is 6.74. The second-order valence-corrected chi connectivity index (χ2v) is 4.62. The van der Waals surface area contributed by atoms with Gasteiger partial charge in [-0.15, -0.1) is 0 Å². The molecular weight excluding hydrogens is 186 g/mol. The molecule has 0 amide bonds. The highest BCUT2D eigenvalue weighted by Gasteiger charge is 2.21. The van der Waals surface area contributed by atoms with Crippen molar-refractivity contribution in [3.8, 4) is 0 Å². The Morgan fingerprint density at radius 2 is 2.33 bits per heavy atom. The van der Waals surface area contributed by atoms with Crippen molar-refractivity contribution in [1.82, 2.24) is 9.88 Å². The fourth-order valence-corrected chi connectivity index (χ4v) is 2.36. The summed E-state index contributed by atoms with van der Waals surface area (Å²) in [6.45, 7) is 5.34. The second kappa shape index (κ2) is 4.73. The van der Waals surface area contributed by atoms with Gasteiger partial charge in [0.05, 0.1) is 5.69 Å². The number of piperidine rings is 1. The molecule has 0 radical (unpaired) electrons. The van der Waals surface area contributed by atoms with Gasteiger partial charge in [-0.3, -0.25) is 9.88 Å². The van der Waals surface area contributed by atoms with Crippen LogP contribution >= 0.6 is 0 Å². The molecule has 3 heteroatoms. The van der Waals surface area contributed by atoms with Crippen LogP contribution in [0.5, 0.6) is 0 Å². The number of rotatable bonds is 2. The SMILES string of the molecule is CC1CC(N)CN(Cc2ccccn2)C1. The minimum absolute atomic E-state index is 0.331. The molecule has 2 atom stereocenters. The molecule has 15 heavy (non-hydrogen) atoms. The first-order valence-electron chi connectivity index (χ1n) is 5.62. The molecule has 0 spiro atoms. The molecule has 82 valence electrons. The van der Waals surface area contributed by atoms with E-state index in [0.29, 0.717) is 12.0 Å². The Morgan fingerprint density at radius 3 is 3.00 bits per heavy atom. The number of pyridine rings is 1. The monoisotopic (exact) mass is 205 g/mol. The molecule has 2 heterocycles. The summed E-state index contributed by atoms with van der Waals surface area (Å²) >= 11 is 0. The topological polar surface area (TPSA) is 42.1 Å². The summed E-state index contributed by atoms with van der Waals surface area (Å²) < 4.78 is 0. The molecule has 0 aliphatic carbocycles. The fourth-order valence-electron chi connectivity index (χ4n) is 2.36. The summed E-state index contributed by atoms with van der Waals surface area (Å²) in [6, 6.07) is 6.39. The molecule has 0 saturated carbocycles. The van der Waals surface area contributed by atoms with Gasteiger partial charge < -0.3 is 5.73 Å². The molecule has 1 aromatic rings. The number of hydrogen-bond acceptors (Lipinski definition) is 3. The van der Waals surface area contributed by atoms with Crippen LogP contribution in [0, 0.1) is 5.92 Å². The van der Waals surface area contributed by atoms with Crippen molar-refractivity contribution in [3.05, 3.63) is 30.1 Å². The van der Waals surface area contributed by atoms with Crippen molar-refractivity contribution in [2.75, 3.05) is 13.1 Å². The van der Waals surface area contributed by atoms with E-state index in [1.54, 1.807) is 0 Å². The van der Waals surface area contributed by atoms with Gasteiger partial charge in [0.15, 0.2) is 0 Å². The second-order valence-electron chi connectivity index (χ2n) is 4.62. The molecule has 1 aliphatic heterocycles. The van der Waals surface area contributed by atoms with E-state index in [1.807, 2.05) is 18.3 Å². The van der Waals surface area contributed by atoms with Crippen molar-refractivity contribution in [2.45, 2.75) is 25.9 Å². The average molecular weight is 205 g/mol. The van der Waals surface area contributed by atoms with E-state index in [0.717, 1.165) is 31.7 Å². The van der Waals surface area contributed by atoms with E-state index >= 15 is 0 Å². The lowest BCUT2D eigenvalue weighted by atomic mass is 9.96. The zero-order valence-electron chi connectivity index (χ0n) is 9.26. The first-order valence-corrected chi connectivity index (χ1v) is 5.62. The van der Waals surface area contributed by atoms with E-state index in [1.165, 1.54) is 0 Å². The number of nitrogens with zero attached hydrogens (tertiary/aromatic N) is 2. The van der Waals surface area contributed by atoms with Crippen LogP contribution in [0.1, 0.15) is 19.0 Å². The van der Waals surface area contributed by atoms with Gasteiger partial charge >= 0.3 is 0 Å². The smallest absolute Gasteiger partial charge is 0.0543 e. The van der Waals surface area contributed by atoms with Gasteiger partial charge in [-0.2, -0.15) is 0 Å². The molecule has 3 nitrogen and oxygen atoms in total. The quantitative estimate of drug-likeness (QED) is 0.790. The zero-order valence-corrected chi connectivity index (χ0v) is 9.26. The molecule has 0 aromatic carbocycles. The standard InChI is InChI=1S/C12H19N3/c1-10-6-11(13)8-15(7-10)9-12-4-2-3-5-14-12/h2-5,10-11H,6-9,13H2,1H3. The Morgan fingerprint density at radius 1 is 1.47 bits per heavy atom. The average Bonchev–Trinajstić information content (AvgIpc) is 2.17. The van der Waals surface area contributed by atoms with Crippen LogP contribution < -0.4 is 5.73 Å². The van der Waals surface area contributed by atoms with Crippen LogP contribution in [0.3, 0.4) is 0 Å². The predicted octanol–water partition coefficient (Wildman–Crippen LogP) is 1.25. The lowest BCUT2D eigenvalue weighted by Crippen LogP contribution is -2.45. The third kappa shape index (κ3) is 3.01. The van der Waals surface area contributed by atoms with Crippen molar-refractivity contribution in [3.63, 3.8) is 0 Å². The third-order valence-electron chi connectivity index (χ3n) is 2.88. The van der Waals surface area contributed by atoms with Crippen molar-refractivity contribution in [1.29, 1.82) is 0 Å². The Balaban J connectivity index is 1.94. The molecule has 1 aromatic heterocycles. The third-order valence-corrected chi connectivity index (χ3v) is 2.88. The molecule has 2 N–H and O–H groups in total. The van der Waals surface area contributed by atoms with Gasteiger partial charge in [-0.25, -0.2) is 0 Å². The fraction of sp³-hybridized carbons (Fsp3) is 0.583. The van der Waals surface area contributed by atoms with E-state index in [4.69, 9.17) is 5.73 Å². The Bertz CT molecular complexity index is 289. The summed E-state index contributed by atoms with van der Waals surface area (Å²) in [7, 11) is 0. The van der Waals surface area contributed by atoms with Crippen molar-refractivity contribution < 1.29 is 0 Å². The lowest BCUT2D eigenvalue weighted by Gasteiger charge is -2.34.